The molecule has 1 aliphatic rings. The maximum atomic E-state index is 12.6. The van der Waals surface area contributed by atoms with Crippen molar-refractivity contribution in [1.29, 1.82) is 10.9 Å². The molecule has 3 N–H and O–H groups in total. The normalized spacial score (nSPS) is 14.2. The summed E-state index contributed by atoms with van der Waals surface area (Å²) in [6, 6.07) is 26.6. The van der Waals surface area contributed by atoms with Crippen LogP contribution in [-0.4, -0.2) is 29.6 Å². The van der Waals surface area contributed by atoms with Crippen molar-refractivity contribution < 1.29 is 4.79 Å². The Kier molecular flexibility index (Phi) is 9.85. The predicted octanol–water partition coefficient (Wildman–Crippen LogP) is 8.44. The molecule has 214 valence electrons. The molecule has 1 saturated heterocycles. The first-order valence-corrected chi connectivity index (χ1v) is 15.3. The van der Waals surface area contributed by atoms with Crippen LogP contribution < -0.4 is 5.32 Å². The number of piperidine rings is 1. The molecule has 4 aromatic rings. The van der Waals surface area contributed by atoms with E-state index in [2.05, 4.69) is 63.9 Å². The highest BCUT2D eigenvalue weighted by molar-refractivity contribution is 7.10. The van der Waals surface area contributed by atoms with Gasteiger partial charge < -0.3 is 10.7 Å². The van der Waals surface area contributed by atoms with E-state index in [4.69, 9.17) is 10.9 Å². The second kappa shape index (κ2) is 14.1. The van der Waals surface area contributed by atoms with E-state index in [1.165, 1.54) is 30.4 Å². The molecule has 7 heteroatoms. The van der Waals surface area contributed by atoms with Crippen LogP contribution in [0.5, 0.6) is 0 Å². The molecular formula is C35H37N5OS. The molecule has 2 heterocycles. The van der Waals surface area contributed by atoms with Gasteiger partial charge in [-0.3, -0.25) is 9.69 Å². The van der Waals surface area contributed by atoms with Crippen molar-refractivity contribution in [2.75, 3.05) is 18.4 Å². The van der Waals surface area contributed by atoms with Gasteiger partial charge in [-0.05, 0) is 97.1 Å². The molecule has 1 amide bonds. The number of likely N-dealkylation sites (tertiary alicyclic amines) is 1. The first-order chi connectivity index (χ1) is 20.5. The van der Waals surface area contributed by atoms with E-state index in [-0.39, 0.29) is 11.6 Å². The van der Waals surface area contributed by atoms with Gasteiger partial charge in [0.2, 0.25) is 5.91 Å². The van der Waals surface area contributed by atoms with Gasteiger partial charge in [0.05, 0.1) is 17.8 Å². The SMILES string of the molecule is Cc1cc(N=N)c(C(=N)/C=C/c2cccc(CN3CCC(Cc4ccccc4)CC3)c2)cc1NC(=O)Cc1cccs1. The fraction of sp³-hybridized carbons (Fsp3) is 0.257. The largest absolute Gasteiger partial charge is 0.326 e. The number of aryl methyl sites for hydroxylation is 1. The summed E-state index contributed by atoms with van der Waals surface area (Å²) in [5.41, 5.74) is 14.0. The number of thiophene rings is 1. The molecular weight excluding hydrogens is 538 g/mol. The van der Waals surface area contributed by atoms with E-state index in [1.54, 1.807) is 29.5 Å². The van der Waals surface area contributed by atoms with E-state index >= 15 is 0 Å². The Balaban J connectivity index is 1.20. The third-order valence-corrected chi connectivity index (χ3v) is 8.69. The molecule has 0 atom stereocenters. The number of anilines is 1. The van der Waals surface area contributed by atoms with Gasteiger partial charge in [0.15, 0.2) is 0 Å². The summed E-state index contributed by atoms with van der Waals surface area (Å²) in [6.45, 7) is 5.02. The zero-order chi connectivity index (χ0) is 29.3. The van der Waals surface area contributed by atoms with Gasteiger partial charge in [0.1, 0.15) is 0 Å². The number of carbonyl (C=O) groups excluding carboxylic acids is 1. The summed E-state index contributed by atoms with van der Waals surface area (Å²) in [7, 11) is 0. The lowest BCUT2D eigenvalue weighted by molar-refractivity contribution is -0.115. The van der Waals surface area contributed by atoms with Gasteiger partial charge in [-0.15, -0.1) is 11.3 Å². The number of hydrogen-bond donors (Lipinski definition) is 3. The second-order valence-electron chi connectivity index (χ2n) is 11.0. The molecule has 6 nitrogen and oxygen atoms in total. The Bertz CT molecular complexity index is 1550. The summed E-state index contributed by atoms with van der Waals surface area (Å²) in [4.78, 5) is 16.1. The lowest BCUT2D eigenvalue weighted by atomic mass is 9.90. The van der Waals surface area contributed by atoms with Gasteiger partial charge >= 0.3 is 0 Å². The number of hydrogen-bond acceptors (Lipinski definition) is 6. The minimum absolute atomic E-state index is 0.110. The maximum Gasteiger partial charge on any atom is 0.229 e. The van der Waals surface area contributed by atoms with Gasteiger partial charge in [0.25, 0.3) is 0 Å². The quantitative estimate of drug-likeness (QED) is 0.124. The zero-order valence-electron chi connectivity index (χ0n) is 24.0. The Morgan fingerprint density at radius 1 is 1.02 bits per heavy atom. The Labute approximate surface area is 252 Å². The third kappa shape index (κ3) is 7.96. The van der Waals surface area contributed by atoms with Crippen LogP contribution in [0.4, 0.5) is 11.4 Å². The molecule has 0 radical (unpaired) electrons. The highest BCUT2D eigenvalue weighted by Crippen LogP contribution is 2.29. The van der Waals surface area contributed by atoms with E-state index in [9.17, 15) is 4.79 Å². The van der Waals surface area contributed by atoms with Gasteiger partial charge in [-0.25, -0.2) is 5.53 Å². The van der Waals surface area contributed by atoms with Crippen LogP contribution in [0.2, 0.25) is 0 Å². The van der Waals surface area contributed by atoms with E-state index in [0.717, 1.165) is 41.6 Å². The number of benzene rings is 3. The van der Waals surface area contributed by atoms with E-state index in [1.807, 2.05) is 36.6 Å². The molecule has 1 fully saturated rings. The molecule has 0 aliphatic carbocycles. The van der Waals surface area contributed by atoms with Crippen LogP contribution in [0.3, 0.4) is 0 Å². The molecule has 0 bridgehead atoms. The van der Waals surface area contributed by atoms with Crippen LogP contribution in [0.15, 0.2) is 95.4 Å². The topological polar surface area (TPSA) is 92.4 Å². The Morgan fingerprint density at radius 2 is 1.81 bits per heavy atom. The molecule has 0 saturated carbocycles. The van der Waals surface area contributed by atoms with Crippen molar-refractivity contribution in [2.24, 2.45) is 11.0 Å². The summed E-state index contributed by atoms with van der Waals surface area (Å²) >= 11 is 1.55. The number of carbonyl (C=O) groups is 1. The first kappa shape index (κ1) is 29.3. The number of rotatable bonds is 11. The minimum Gasteiger partial charge on any atom is -0.326 e. The van der Waals surface area contributed by atoms with Crippen molar-refractivity contribution >= 4 is 40.4 Å². The van der Waals surface area contributed by atoms with E-state index < -0.39 is 0 Å². The molecule has 0 unspecified atom stereocenters. The fourth-order valence-corrected chi connectivity index (χ4v) is 6.22. The molecule has 1 aromatic heterocycles. The van der Waals surface area contributed by atoms with Crippen LogP contribution in [0.1, 0.15) is 45.5 Å². The summed E-state index contributed by atoms with van der Waals surface area (Å²) in [5, 5.41) is 17.3. The van der Waals surface area contributed by atoms with Crippen molar-refractivity contribution in [2.45, 2.75) is 39.2 Å². The summed E-state index contributed by atoms with van der Waals surface area (Å²) < 4.78 is 0. The molecule has 42 heavy (non-hydrogen) atoms. The van der Waals surface area contributed by atoms with Crippen LogP contribution >= 0.6 is 11.3 Å². The lowest BCUT2D eigenvalue weighted by Crippen LogP contribution is -2.33. The van der Waals surface area contributed by atoms with E-state index in [0.29, 0.717) is 23.4 Å². The van der Waals surface area contributed by atoms with Crippen molar-refractivity contribution in [3.05, 3.63) is 123 Å². The number of allylic oxidation sites excluding steroid dienone is 1. The van der Waals surface area contributed by atoms with Crippen LogP contribution in [0.25, 0.3) is 6.08 Å². The van der Waals surface area contributed by atoms with Gasteiger partial charge in [-0.2, -0.15) is 5.11 Å². The number of nitrogens with zero attached hydrogens (tertiary/aromatic N) is 2. The van der Waals surface area contributed by atoms with Gasteiger partial charge in [0, 0.05) is 22.7 Å². The zero-order valence-corrected chi connectivity index (χ0v) is 24.8. The molecule has 3 aromatic carbocycles. The van der Waals surface area contributed by atoms with Crippen molar-refractivity contribution in [3.63, 3.8) is 0 Å². The molecule has 5 rings (SSSR count). The molecule has 1 aliphatic heterocycles. The van der Waals surface area contributed by atoms with Crippen molar-refractivity contribution in [3.8, 4) is 0 Å². The average Bonchev–Trinajstić information content (AvgIpc) is 3.51. The lowest BCUT2D eigenvalue weighted by Gasteiger charge is -2.32. The average molecular weight is 576 g/mol. The Hall–Kier alpha value is -4.20. The van der Waals surface area contributed by atoms with Crippen molar-refractivity contribution in [1.82, 2.24) is 4.90 Å². The third-order valence-electron chi connectivity index (χ3n) is 7.82. The second-order valence-corrected chi connectivity index (χ2v) is 12.0. The van der Waals surface area contributed by atoms with Crippen LogP contribution in [0, 0.1) is 23.8 Å². The summed E-state index contributed by atoms with van der Waals surface area (Å²) in [5.74, 6) is 0.641. The maximum absolute atomic E-state index is 12.6. The van der Waals surface area contributed by atoms with Gasteiger partial charge in [-0.1, -0.05) is 66.7 Å². The summed E-state index contributed by atoms with van der Waals surface area (Å²) in [6.07, 6.45) is 7.59. The fourth-order valence-electron chi connectivity index (χ4n) is 5.52. The smallest absolute Gasteiger partial charge is 0.229 e. The number of nitrogens with one attached hydrogen (secondary N) is 3. The first-order valence-electron chi connectivity index (χ1n) is 14.4. The minimum atomic E-state index is -0.110. The monoisotopic (exact) mass is 575 g/mol. The standard InChI is InChI=1S/C35H37N5OS/c1-25-19-34(39-37)31(23-33(25)38-35(41)22-30-11-6-18-42-30)32(36)13-12-27-9-5-10-29(21-27)24-40-16-14-28(15-17-40)20-26-7-3-2-4-8-26/h2-13,18-19,21,23,28,36-37H,14-17,20,22,24H2,1H3,(H,38,41)/b13-12+,36-32?,39-37?. The predicted molar refractivity (Wildman–Crippen MR) is 173 cm³/mol. The molecule has 0 spiro atoms. The highest BCUT2D eigenvalue weighted by atomic mass is 32.1. The number of amides is 1. The Morgan fingerprint density at radius 3 is 2.55 bits per heavy atom. The van der Waals surface area contributed by atoms with Crippen LogP contribution in [-0.2, 0) is 24.2 Å². The highest BCUT2D eigenvalue weighted by Gasteiger charge is 2.19.